The summed E-state index contributed by atoms with van der Waals surface area (Å²) in [6.45, 7) is 7.34. The van der Waals surface area contributed by atoms with Crippen LogP contribution in [0.2, 0.25) is 10.0 Å². The second-order valence-corrected chi connectivity index (χ2v) is 5.82. The minimum atomic E-state index is -0.127. The lowest BCUT2D eigenvalue weighted by atomic mass is 10.2. The molecule has 0 saturated carbocycles. The molecule has 5 heteroatoms. The molecule has 0 unspecified atom stereocenters. The van der Waals surface area contributed by atoms with Gasteiger partial charge in [-0.2, -0.15) is 0 Å². The van der Waals surface area contributed by atoms with Gasteiger partial charge >= 0.3 is 0 Å². The van der Waals surface area contributed by atoms with Crippen molar-refractivity contribution >= 4 is 23.2 Å². The summed E-state index contributed by atoms with van der Waals surface area (Å²) in [5.74, 6) is 0.443. The zero-order chi connectivity index (χ0) is 14.3. The summed E-state index contributed by atoms with van der Waals surface area (Å²) < 4.78 is 5.49. The van der Waals surface area contributed by atoms with E-state index in [1.807, 2.05) is 0 Å². The first-order valence-electron chi connectivity index (χ1n) is 6.55. The normalized spacial score (nSPS) is 11.2. The zero-order valence-electron chi connectivity index (χ0n) is 11.4. The predicted molar refractivity (Wildman–Crippen MR) is 76.7 cm³/mol. The first-order valence-corrected chi connectivity index (χ1v) is 7.30. The summed E-state index contributed by atoms with van der Waals surface area (Å²) >= 11 is 11.7. The largest absolute Gasteiger partial charge is 0.871 e. The van der Waals surface area contributed by atoms with Gasteiger partial charge in [0.2, 0.25) is 0 Å². The summed E-state index contributed by atoms with van der Waals surface area (Å²) in [6, 6.07) is 3.16. The van der Waals surface area contributed by atoms with E-state index in [0.717, 1.165) is 26.2 Å². The van der Waals surface area contributed by atoms with Crippen molar-refractivity contribution in [3.05, 3.63) is 27.7 Å². The molecule has 0 spiro atoms. The molecule has 0 aliphatic carbocycles. The monoisotopic (exact) mass is 305 g/mol. The molecule has 0 bridgehead atoms. The lowest BCUT2D eigenvalue weighted by Gasteiger charge is -2.15. The topological polar surface area (TPSA) is 48.9 Å². The van der Waals surface area contributed by atoms with E-state index in [0.29, 0.717) is 23.0 Å². The highest BCUT2D eigenvalue weighted by Crippen LogP contribution is 2.28. The van der Waals surface area contributed by atoms with E-state index in [9.17, 15) is 5.11 Å². The molecule has 0 saturated heterocycles. The van der Waals surface area contributed by atoms with Gasteiger partial charge in [-0.25, -0.2) is 0 Å². The van der Waals surface area contributed by atoms with Crippen LogP contribution in [0.5, 0.6) is 5.75 Å². The summed E-state index contributed by atoms with van der Waals surface area (Å²) in [5.41, 5.74) is 0.653. The van der Waals surface area contributed by atoms with Crippen molar-refractivity contribution in [1.29, 1.82) is 0 Å². The minimum Gasteiger partial charge on any atom is -0.871 e. The molecule has 1 rings (SSSR count). The molecule has 3 nitrogen and oxygen atoms in total. The highest BCUT2D eigenvalue weighted by Gasteiger charge is 2.03. The molecule has 2 N–H and O–H groups in total. The minimum absolute atomic E-state index is 0.127. The number of hydrogen-bond donors (Lipinski definition) is 1. The number of hydrogen-bond acceptors (Lipinski definition) is 2. The molecule has 19 heavy (non-hydrogen) atoms. The molecular weight excluding hydrogens is 285 g/mol. The van der Waals surface area contributed by atoms with Crippen LogP contribution < -0.4 is 10.4 Å². The van der Waals surface area contributed by atoms with Crippen LogP contribution in [0, 0.1) is 5.92 Å². The second kappa shape index (κ2) is 8.64. The molecule has 108 valence electrons. The van der Waals surface area contributed by atoms with Gasteiger partial charge in [-0.3, -0.25) is 0 Å². The number of halogens is 2. The summed E-state index contributed by atoms with van der Waals surface area (Å²) in [6.07, 6.45) is 0.967. The van der Waals surface area contributed by atoms with Crippen molar-refractivity contribution in [2.45, 2.75) is 26.8 Å². The van der Waals surface area contributed by atoms with Crippen LogP contribution in [0.3, 0.4) is 0 Å². The van der Waals surface area contributed by atoms with E-state index in [1.165, 1.54) is 6.07 Å². The van der Waals surface area contributed by atoms with Crippen LogP contribution in [0.1, 0.15) is 25.8 Å². The molecule has 0 aliphatic rings. The maximum absolute atomic E-state index is 11.7. The first-order chi connectivity index (χ1) is 9.00. The first kappa shape index (κ1) is 16.6. The van der Waals surface area contributed by atoms with Crippen molar-refractivity contribution in [1.82, 2.24) is 0 Å². The van der Waals surface area contributed by atoms with Crippen molar-refractivity contribution < 1.29 is 15.2 Å². The molecule has 1 aromatic rings. The van der Waals surface area contributed by atoms with Crippen molar-refractivity contribution in [3.8, 4) is 5.75 Å². The molecule has 0 amide bonds. The maximum atomic E-state index is 11.7. The van der Waals surface area contributed by atoms with Gasteiger partial charge in [0.15, 0.2) is 0 Å². The Bertz CT molecular complexity index is 397. The van der Waals surface area contributed by atoms with E-state index in [-0.39, 0.29) is 10.8 Å². The number of rotatable bonds is 8. The average Bonchev–Trinajstić information content (AvgIpc) is 2.33. The van der Waals surface area contributed by atoms with E-state index < -0.39 is 0 Å². The van der Waals surface area contributed by atoms with Gasteiger partial charge in [0.25, 0.3) is 0 Å². The molecule has 0 aromatic heterocycles. The van der Waals surface area contributed by atoms with Crippen molar-refractivity contribution in [3.63, 3.8) is 0 Å². The quantitative estimate of drug-likeness (QED) is 0.749. The number of nitrogens with two attached hydrogens (primary N) is 1. The molecule has 0 aliphatic heterocycles. The van der Waals surface area contributed by atoms with Crippen molar-refractivity contribution in [2.75, 3.05) is 19.8 Å². The molecule has 1 aromatic carbocycles. The van der Waals surface area contributed by atoms with Gasteiger partial charge in [0, 0.05) is 28.6 Å². The maximum Gasteiger partial charge on any atom is 0.101 e. The van der Waals surface area contributed by atoms with Crippen LogP contribution in [-0.2, 0) is 11.3 Å². The molecule has 0 heterocycles. The second-order valence-electron chi connectivity index (χ2n) is 4.98. The lowest BCUT2D eigenvalue weighted by Crippen LogP contribution is -2.82. The summed E-state index contributed by atoms with van der Waals surface area (Å²) in [7, 11) is 0. The van der Waals surface area contributed by atoms with Gasteiger partial charge in [-0.05, 0) is 18.1 Å². The Morgan fingerprint density at radius 2 is 2.05 bits per heavy atom. The Morgan fingerprint density at radius 1 is 1.32 bits per heavy atom. The number of ether oxygens (including phenoxy) is 1. The molecule has 0 atom stereocenters. The lowest BCUT2D eigenvalue weighted by molar-refractivity contribution is -0.671. The highest BCUT2D eigenvalue weighted by atomic mass is 35.5. The SMILES string of the molecule is CC(C)COCCC[NH2+]Cc1cc(Cl)cc(Cl)c1[O-]. The number of benzene rings is 1. The van der Waals surface area contributed by atoms with E-state index in [4.69, 9.17) is 27.9 Å². The van der Waals surface area contributed by atoms with Crippen LogP contribution in [-0.4, -0.2) is 19.8 Å². The summed E-state index contributed by atoms with van der Waals surface area (Å²) in [5, 5.41) is 14.5. The van der Waals surface area contributed by atoms with E-state index >= 15 is 0 Å². The van der Waals surface area contributed by atoms with Gasteiger partial charge in [0.05, 0.1) is 13.2 Å². The zero-order valence-corrected chi connectivity index (χ0v) is 12.9. The Morgan fingerprint density at radius 3 is 2.74 bits per heavy atom. The molecular formula is C14H21Cl2NO2. The fourth-order valence-electron chi connectivity index (χ4n) is 1.67. The summed E-state index contributed by atoms with van der Waals surface area (Å²) in [4.78, 5) is 0. The Hall–Kier alpha value is -0.480. The molecule has 0 fully saturated rings. The predicted octanol–water partition coefficient (Wildman–Crippen LogP) is 2.19. The van der Waals surface area contributed by atoms with Crippen LogP contribution in [0.4, 0.5) is 0 Å². The van der Waals surface area contributed by atoms with Gasteiger partial charge in [-0.1, -0.05) is 42.8 Å². The fraction of sp³-hybridized carbons (Fsp3) is 0.571. The van der Waals surface area contributed by atoms with Gasteiger partial charge in [0.1, 0.15) is 6.54 Å². The van der Waals surface area contributed by atoms with Crippen LogP contribution in [0.15, 0.2) is 12.1 Å². The third-order valence-electron chi connectivity index (χ3n) is 2.60. The Labute approximate surface area is 124 Å². The standard InChI is InChI=1S/C14H21Cl2NO2/c1-10(2)9-19-5-3-4-17-8-11-6-12(15)7-13(16)14(11)18/h6-7,10,17-18H,3-5,8-9H2,1-2H3. The van der Waals surface area contributed by atoms with Crippen molar-refractivity contribution in [2.24, 2.45) is 5.92 Å². The van der Waals surface area contributed by atoms with Gasteiger partial charge in [-0.15, -0.1) is 0 Å². The van der Waals surface area contributed by atoms with Crippen LogP contribution >= 0.6 is 23.2 Å². The average molecular weight is 306 g/mol. The van der Waals surface area contributed by atoms with E-state index in [2.05, 4.69) is 19.2 Å². The van der Waals surface area contributed by atoms with Crippen LogP contribution in [0.25, 0.3) is 0 Å². The Balaban J connectivity index is 2.23. The molecule has 0 radical (unpaired) electrons. The highest BCUT2D eigenvalue weighted by molar-refractivity contribution is 6.35. The fourth-order valence-corrected chi connectivity index (χ4v) is 2.21. The third kappa shape index (κ3) is 6.48. The van der Waals surface area contributed by atoms with E-state index in [1.54, 1.807) is 6.07 Å². The third-order valence-corrected chi connectivity index (χ3v) is 3.10. The van der Waals surface area contributed by atoms with Gasteiger partial charge < -0.3 is 15.2 Å². The Kier molecular flexibility index (Phi) is 7.54. The smallest absolute Gasteiger partial charge is 0.101 e. The number of quaternary nitrogens is 1.